The van der Waals surface area contributed by atoms with Gasteiger partial charge in [-0.25, -0.2) is 0 Å². The van der Waals surface area contributed by atoms with Crippen LogP contribution < -0.4 is 0 Å². The summed E-state index contributed by atoms with van der Waals surface area (Å²) < 4.78 is 1.10. The minimum atomic E-state index is 0.294. The van der Waals surface area contributed by atoms with E-state index >= 15 is 0 Å². The molecule has 0 bridgehead atoms. The molecule has 0 spiro atoms. The predicted molar refractivity (Wildman–Crippen MR) is 57.3 cm³/mol. The van der Waals surface area contributed by atoms with Crippen molar-refractivity contribution in [3.63, 3.8) is 0 Å². The van der Waals surface area contributed by atoms with Crippen LogP contribution in [0.1, 0.15) is 12.0 Å². The third-order valence-corrected chi connectivity index (χ3v) is 2.82. The highest BCUT2D eigenvalue weighted by atomic mass is 79.9. The van der Waals surface area contributed by atoms with Crippen LogP contribution in [0.2, 0.25) is 0 Å². The molecule has 0 aromatic heterocycles. The molecule has 1 aromatic carbocycles. The van der Waals surface area contributed by atoms with E-state index in [9.17, 15) is 0 Å². The Balaban J connectivity index is 2.11. The zero-order valence-corrected chi connectivity index (χ0v) is 8.79. The Morgan fingerprint density at radius 3 is 2.62 bits per heavy atom. The summed E-state index contributed by atoms with van der Waals surface area (Å²) in [7, 11) is 0. The molecule has 1 fully saturated rings. The van der Waals surface area contributed by atoms with E-state index in [-0.39, 0.29) is 0 Å². The number of halogens is 1. The second-order valence-electron chi connectivity index (χ2n) is 3.35. The first kappa shape index (κ1) is 8.97. The molecule has 1 aromatic rings. The van der Waals surface area contributed by atoms with Crippen molar-refractivity contribution in [2.45, 2.75) is 6.42 Å². The van der Waals surface area contributed by atoms with E-state index in [0.717, 1.165) is 10.9 Å². The monoisotopic (exact) mass is 238 g/mol. The maximum atomic E-state index is 8.85. The van der Waals surface area contributed by atoms with E-state index in [2.05, 4.69) is 34.1 Å². The van der Waals surface area contributed by atoms with Gasteiger partial charge in [-0.15, -0.1) is 0 Å². The summed E-state index contributed by atoms with van der Waals surface area (Å²) in [4.78, 5) is 0. The average Bonchev–Trinajstić information content (AvgIpc) is 2.88. The lowest BCUT2D eigenvalue weighted by atomic mass is 10.2. The van der Waals surface area contributed by atoms with Crippen LogP contribution in [-0.4, -0.2) is 11.7 Å². The molecule has 1 aliphatic carbocycles. The molecule has 68 valence electrons. The van der Waals surface area contributed by atoms with Gasteiger partial charge in [0.2, 0.25) is 0 Å². The fourth-order valence-electron chi connectivity index (χ4n) is 1.36. The van der Waals surface area contributed by atoms with Crippen LogP contribution in [-0.2, 0) is 0 Å². The smallest absolute Gasteiger partial charge is 0.0499 e. The quantitative estimate of drug-likeness (QED) is 0.841. The zero-order chi connectivity index (χ0) is 9.26. The molecule has 1 N–H and O–H groups in total. The lowest BCUT2D eigenvalue weighted by Crippen LogP contribution is -1.81. The first-order valence-electron chi connectivity index (χ1n) is 4.36. The molecule has 13 heavy (non-hydrogen) atoms. The van der Waals surface area contributed by atoms with Crippen molar-refractivity contribution in [1.29, 1.82) is 0 Å². The van der Waals surface area contributed by atoms with Crippen LogP contribution in [0, 0.1) is 5.92 Å². The molecule has 0 saturated heterocycles. The molecule has 2 heteroatoms. The number of aliphatic hydroxyl groups is 1. The third-order valence-electron chi connectivity index (χ3n) is 2.29. The largest absolute Gasteiger partial charge is 0.396 e. The van der Waals surface area contributed by atoms with Crippen LogP contribution in [0.15, 0.2) is 34.3 Å². The summed E-state index contributed by atoms with van der Waals surface area (Å²) in [5.74, 6) is 0.434. The van der Waals surface area contributed by atoms with Crippen LogP contribution >= 0.6 is 15.9 Å². The second kappa shape index (κ2) is 3.64. The molecule has 1 aliphatic rings. The standard InChI is InChI=1S/C11H11BrO/c12-11-3-1-8(2-4-11)5-9-6-10(9)7-13/h1-5,10,13H,6-7H2/b9-5-. The maximum absolute atomic E-state index is 8.85. The molecule has 0 aliphatic heterocycles. The second-order valence-corrected chi connectivity index (χ2v) is 4.27. The molecule has 1 nitrogen and oxygen atoms in total. The fourth-order valence-corrected chi connectivity index (χ4v) is 1.62. The van der Waals surface area contributed by atoms with E-state index in [4.69, 9.17) is 5.11 Å². The third kappa shape index (κ3) is 2.20. The molecular weight excluding hydrogens is 228 g/mol. The van der Waals surface area contributed by atoms with Gasteiger partial charge in [-0.3, -0.25) is 0 Å². The molecule has 1 unspecified atom stereocenters. The van der Waals surface area contributed by atoms with Crippen molar-refractivity contribution in [3.05, 3.63) is 39.9 Å². The Kier molecular flexibility index (Phi) is 2.51. The normalized spacial score (nSPS) is 23.5. The van der Waals surface area contributed by atoms with E-state index < -0.39 is 0 Å². The van der Waals surface area contributed by atoms with Gasteiger partial charge in [-0.1, -0.05) is 39.7 Å². The Morgan fingerprint density at radius 1 is 1.38 bits per heavy atom. The van der Waals surface area contributed by atoms with Gasteiger partial charge in [0.25, 0.3) is 0 Å². The van der Waals surface area contributed by atoms with Gasteiger partial charge >= 0.3 is 0 Å². The molecule has 2 rings (SSSR count). The Morgan fingerprint density at radius 2 is 2.08 bits per heavy atom. The molecular formula is C11H11BrO. The summed E-state index contributed by atoms with van der Waals surface area (Å²) in [6.45, 7) is 0.294. The Labute approximate surface area is 86.2 Å². The molecule has 0 radical (unpaired) electrons. The van der Waals surface area contributed by atoms with Crippen molar-refractivity contribution < 1.29 is 5.11 Å². The predicted octanol–water partition coefficient (Wildman–Crippen LogP) is 2.84. The molecule has 0 heterocycles. The lowest BCUT2D eigenvalue weighted by molar-refractivity contribution is 0.281. The van der Waals surface area contributed by atoms with Gasteiger partial charge in [0.1, 0.15) is 0 Å². The van der Waals surface area contributed by atoms with Gasteiger partial charge in [0.15, 0.2) is 0 Å². The van der Waals surface area contributed by atoms with E-state index in [1.165, 1.54) is 11.1 Å². The van der Waals surface area contributed by atoms with Crippen LogP contribution in [0.4, 0.5) is 0 Å². The number of rotatable bonds is 2. The van der Waals surface area contributed by atoms with Crippen LogP contribution in [0.5, 0.6) is 0 Å². The minimum absolute atomic E-state index is 0.294. The van der Waals surface area contributed by atoms with Crippen LogP contribution in [0.3, 0.4) is 0 Å². The maximum Gasteiger partial charge on any atom is 0.0499 e. The first-order chi connectivity index (χ1) is 6.29. The van der Waals surface area contributed by atoms with Gasteiger partial charge in [0, 0.05) is 17.0 Å². The number of hydrogen-bond donors (Lipinski definition) is 1. The van der Waals surface area contributed by atoms with E-state index in [1.807, 2.05) is 12.1 Å². The highest BCUT2D eigenvalue weighted by Crippen LogP contribution is 2.38. The topological polar surface area (TPSA) is 20.2 Å². The van der Waals surface area contributed by atoms with Gasteiger partial charge in [-0.05, 0) is 24.1 Å². The Bertz CT molecular complexity index is 326. The molecule has 1 atom stereocenters. The van der Waals surface area contributed by atoms with Gasteiger partial charge in [-0.2, -0.15) is 0 Å². The average molecular weight is 239 g/mol. The number of benzene rings is 1. The van der Waals surface area contributed by atoms with Crippen molar-refractivity contribution >= 4 is 22.0 Å². The highest BCUT2D eigenvalue weighted by Gasteiger charge is 2.27. The van der Waals surface area contributed by atoms with Crippen molar-refractivity contribution in [2.24, 2.45) is 5.92 Å². The SMILES string of the molecule is OCC1C/C1=C/c1ccc(Br)cc1. The minimum Gasteiger partial charge on any atom is -0.396 e. The summed E-state index contributed by atoms with van der Waals surface area (Å²) in [5.41, 5.74) is 2.58. The fraction of sp³-hybridized carbons (Fsp3) is 0.273. The summed E-state index contributed by atoms with van der Waals surface area (Å²) in [6.07, 6.45) is 3.22. The van der Waals surface area contributed by atoms with Gasteiger partial charge in [0.05, 0.1) is 0 Å². The van der Waals surface area contributed by atoms with E-state index in [0.29, 0.717) is 12.5 Å². The number of hydrogen-bond acceptors (Lipinski definition) is 1. The molecule has 0 amide bonds. The highest BCUT2D eigenvalue weighted by molar-refractivity contribution is 9.10. The molecule has 1 saturated carbocycles. The lowest BCUT2D eigenvalue weighted by Gasteiger charge is -1.92. The van der Waals surface area contributed by atoms with E-state index in [1.54, 1.807) is 0 Å². The Hall–Kier alpha value is -0.600. The summed E-state index contributed by atoms with van der Waals surface area (Å²) in [5, 5.41) is 8.85. The van der Waals surface area contributed by atoms with Crippen molar-refractivity contribution in [3.8, 4) is 0 Å². The van der Waals surface area contributed by atoms with Crippen LogP contribution in [0.25, 0.3) is 6.08 Å². The summed E-state index contributed by atoms with van der Waals surface area (Å²) in [6, 6.07) is 8.21. The van der Waals surface area contributed by atoms with Crippen molar-refractivity contribution in [2.75, 3.05) is 6.61 Å². The summed E-state index contributed by atoms with van der Waals surface area (Å²) >= 11 is 3.39. The van der Waals surface area contributed by atoms with Crippen molar-refractivity contribution in [1.82, 2.24) is 0 Å². The van der Waals surface area contributed by atoms with Gasteiger partial charge < -0.3 is 5.11 Å². The number of aliphatic hydroxyl groups excluding tert-OH is 1. The first-order valence-corrected chi connectivity index (χ1v) is 5.16. The zero-order valence-electron chi connectivity index (χ0n) is 7.20.